The first-order chi connectivity index (χ1) is 7.18. The maximum atomic E-state index is 13.2. The minimum atomic E-state index is -0.144. The van der Waals surface area contributed by atoms with Crippen molar-refractivity contribution >= 4 is 0 Å². The van der Waals surface area contributed by atoms with Crippen LogP contribution in [0.2, 0.25) is 0 Å². The van der Waals surface area contributed by atoms with Gasteiger partial charge in [-0.15, -0.1) is 0 Å². The molecule has 84 valence electrons. The molecule has 0 atom stereocenters. The minimum absolute atomic E-state index is 0.0663. The Morgan fingerprint density at radius 3 is 2.40 bits per heavy atom. The standard InChI is InChI=1S/C13H20FN/c1-4-13(5-2,10-15-3)11-7-6-8-12(14)9-11/h6-9,15H,4-5,10H2,1-3H3. The van der Waals surface area contributed by atoms with Crippen LogP contribution in [0.3, 0.4) is 0 Å². The lowest BCUT2D eigenvalue weighted by molar-refractivity contribution is 0.379. The first-order valence-corrected chi connectivity index (χ1v) is 5.59. The molecule has 1 N–H and O–H groups in total. The first kappa shape index (κ1) is 12.2. The third-order valence-corrected chi connectivity index (χ3v) is 3.31. The van der Waals surface area contributed by atoms with Crippen LogP contribution >= 0.6 is 0 Å². The van der Waals surface area contributed by atoms with E-state index in [1.54, 1.807) is 12.1 Å². The Kier molecular flexibility index (Phi) is 4.28. The molecule has 1 rings (SSSR count). The van der Waals surface area contributed by atoms with E-state index < -0.39 is 0 Å². The lowest BCUT2D eigenvalue weighted by atomic mass is 9.76. The second-order valence-corrected chi connectivity index (χ2v) is 4.03. The Balaban J connectivity index is 3.07. The predicted molar refractivity (Wildman–Crippen MR) is 62.6 cm³/mol. The van der Waals surface area contributed by atoms with Gasteiger partial charge < -0.3 is 5.32 Å². The molecule has 0 amide bonds. The summed E-state index contributed by atoms with van der Waals surface area (Å²) >= 11 is 0. The fourth-order valence-electron chi connectivity index (χ4n) is 2.17. The Morgan fingerprint density at radius 1 is 1.27 bits per heavy atom. The predicted octanol–water partition coefficient (Wildman–Crippen LogP) is 3.10. The molecule has 15 heavy (non-hydrogen) atoms. The maximum absolute atomic E-state index is 13.2. The van der Waals surface area contributed by atoms with Crippen molar-refractivity contribution in [3.63, 3.8) is 0 Å². The van der Waals surface area contributed by atoms with Gasteiger partial charge in [-0.2, -0.15) is 0 Å². The lowest BCUT2D eigenvalue weighted by Gasteiger charge is -2.32. The van der Waals surface area contributed by atoms with Crippen molar-refractivity contribution in [3.05, 3.63) is 35.6 Å². The highest BCUT2D eigenvalue weighted by Gasteiger charge is 2.27. The van der Waals surface area contributed by atoms with Gasteiger partial charge in [0, 0.05) is 12.0 Å². The van der Waals surface area contributed by atoms with E-state index in [0.29, 0.717) is 0 Å². The smallest absolute Gasteiger partial charge is 0.123 e. The van der Waals surface area contributed by atoms with Crippen LogP contribution in [-0.4, -0.2) is 13.6 Å². The fraction of sp³-hybridized carbons (Fsp3) is 0.538. The molecule has 0 spiro atoms. The number of hydrogen-bond donors (Lipinski definition) is 1. The van der Waals surface area contributed by atoms with Crippen molar-refractivity contribution in [2.24, 2.45) is 0 Å². The van der Waals surface area contributed by atoms with Gasteiger partial charge in [0.05, 0.1) is 0 Å². The zero-order valence-electron chi connectivity index (χ0n) is 9.81. The van der Waals surface area contributed by atoms with E-state index in [1.165, 1.54) is 6.07 Å². The summed E-state index contributed by atoms with van der Waals surface area (Å²) in [5.74, 6) is -0.144. The number of rotatable bonds is 5. The summed E-state index contributed by atoms with van der Waals surface area (Å²) in [5, 5.41) is 3.21. The van der Waals surface area contributed by atoms with Crippen molar-refractivity contribution in [2.75, 3.05) is 13.6 Å². The van der Waals surface area contributed by atoms with E-state index in [2.05, 4.69) is 19.2 Å². The van der Waals surface area contributed by atoms with Crippen LogP contribution in [0.4, 0.5) is 4.39 Å². The average molecular weight is 209 g/mol. The summed E-state index contributed by atoms with van der Waals surface area (Å²) in [6, 6.07) is 6.97. The molecule has 0 heterocycles. The van der Waals surface area contributed by atoms with Gasteiger partial charge >= 0.3 is 0 Å². The molecule has 1 aromatic rings. The van der Waals surface area contributed by atoms with Crippen LogP contribution in [0, 0.1) is 5.82 Å². The second kappa shape index (κ2) is 5.26. The van der Waals surface area contributed by atoms with Crippen LogP contribution in [0.1, 0.15) is 32.3 Å². The molecule has 0 aliphatic carbocycles. The van der Waals surface area contributed by atoms with Crippen LogP contribution in [0.15, 0.2) is 24.3 Å². The van der Waals surface area contributed by atoms with Crippen LogP contribution in [-0.2, 0) is 5.41 Å². The van der Waals surface area contributed by atoms with Crippen molar-refractivity contribution in [1.82, 2.24) is 5.32 Å². The molecule has 0 saturated carbocycles. The molecule has 0 bridgehead atoms. The second-order valence-electron chi connectivity index (χ2n) is 4.03. The molecule has 1 nitrogen and oxygen atoms in total. The van der Waals surface area contributed by atoms with Crippen molar-refractivity contribution in [2.45, 2.75) is 32.1 Å². The molecular formula is C13H20FN. The summed E-state index contributed by atoms with van der Waals surface area (Å²) in [4.78, 5) is 0. The highest BCUT2D eigenvalue weighted by Crippen LogP contribution is 2.31. The summed E-state index contributed by atoms with van der Waals surface area (Å²) in [5.41, 5.74) is 1.17. The molecule has 0 aliphatic rings. The highest BCUT2D eigenvalue weighted by molar-refractivity contribution is 5.26. The largest absolute Gasteiger partial charge is 0.319 e. The van der Waals surface area contributed by atoms with Gasteiger partial charge in [0.15, 0.2) is 0 Å². The van der Waals surface area contributed by atoms with E-state index in [4.69, 9.17) is 0 Å². The highest BCUT2D eigenvalue weighted by atomic mass is 19.1. The van der Waals surface area contributed by atoms with Crippen molar-refractivity contribution < 1.29 is 4.39 Å². The SMILES string of the molecule is CCC(CC)(CNC)c1cccc(F)c1. The van der Waals surface area contributed by atoms with Gasteiger partial charge in [-0.05, 0) is 37.6 Å². The summed E-state index contributed by atoms with van der Waals surface area (Å²) < 4.78 is 13.2. The van der Waals surface area contributed by atoms with Crippen LogP contribution in [0.5, 0.6) is 0 Å². The van der Waals surface area contributed by atoms with Crippen LogP contribution < -0.4 is 5.32 Å². The molecule has 0 saturated heterocycles. The van der Waals surface area contributed by atoms with Gasteiger partial charge in [-0.25, -0.2) is 4.39 Å². The topological polar surface area (TPSA) is 12.0 Å². The van der Waals surface area contributed by atoms with E-state index >= 15 is 0 Å². The summed E-state index contributed by atoms with van der Waals surface area (Å²) in [6.45, 7) is 5.21. The normalized spacial score (nSPS) is 11.7. The number of halogens is 1. The van der Waals surface area contributed by atoms with Gasteiger partial charge in [-0.1, -0.05) is 26.0 Å². The first-order valence-electron chi connectivity index (χ1n) is 5.59. The van der Waals surface area contributed by atoms with Crippen molar-refractivity contribution in [1.29, 1.82) is 0 Å². The Bertz CT molecular complexity index is 305. The minimum Gasteiger partial charge on any atom is -0.319 e. The quantitative estimate of drug-likeness (QED) is 0.785. The average Bonchev–Trinajstić information content (AvgIpc) is 2.26. The lowest BCUT2D eigenvalue weighted by Crippen LogP contribution is -2.35. The summed E-state index contributed by atoms with van der Waals surface area (Å²) in [6.07, 6.45) is 2.04. The van der Waals surface area contributed by atoms with E-state index in [0.717, 1.165) is 24.9 Å². The molecule has 0 aliphatic heterocycles. The van der Waals surface area contributed by atoms with E-state index in [-0.39, 0.29) is 11.2 Å². The molecule has 0 aromatic heterocycles. The third-order valence-electron chi connectivity index (χ3n) is 3.31. The summed E-state index contributed by atoms with van der Waals surface area (Å²) in [7, 11) is 1.94. The fourth-order valence-corrected chi connectivity index (χ4v) is 2.17. The van der Waals surface area contributed by atoms with E-state index in [9.17, 15) is 4.39 Å². The Labute approximate surface area is 91.7 Å². The molecule has 0 fully saturated rings. The number of nitrogens with one attached hydrogen (secondary N) is 1. The zero-order chi connectivity index (χ0) is 11.3. The molecule has 0 unspecified atom stereocenters. The molecular weight excluding hydrogens is 189 g/mol. The third kappa shape index (κ3) is 2.57. The number of likely N-dealkylation sites (N-methyl/N-ethyl adjacent to an activating group) is 1. The zero-order valence-corrected chi connectivity index (χ0v) is 9.81. The van der Waals surface area contributed by atoms with Gasteiger partial charge in [-0.3, -0.25) is 0 Å². The van der Waals surface area contributed by atoms with Gasteiger partial charge in [0.25, 0.3) is 0 Å². The Hall–Kier alpha value is -0.890. The number of benzene rings is 1. The van der Waals surface area contributed by atoms with Crippen LogP contribution in [0.25, 0.3) is 0 Å². The maximum Gasteiger partial charge on any atom is 0.123 e. The van der Waals surface area contributed by atoms with Gasteiger partial charge in [0.2, 0.25) is 0 Å². The van der Waals surface area contributed by atoms with Crippen molar-refractivity contribution in [3.8, 4) is 0 Å². The monoisotopic (exact) mass is 209 g/mol. The molecule has 0 radical (unpaired) electrons. The Morgan fingerprint density at radius 2 is 1.93 bits per heavy atom. The molecule has 2 heteroatoms. The van der Waals surface area contributed by atoms with Gasteiger partial charge in [0.1, 0.15) is 5.82 Å². The van der Waals surface area contributed by atoms with E-state index in [1.807, 2.05) is 13.1 Å². The molecule has 1 aromatic carbocycles. The number of hydrogen-bond acceptors (Lipinski definition) is 1.